The van der Waals surface area contributed by atoms with Crippen LogP contribution >= 0.6 is 0 Å². The van der Waals surface area contributed by atoms with Crippen LogP contribution in [0.1, 0.15) is 34.6 Å². The molecule has 0 saturated heterocycles. The molecule has 4 nitrogen and oxygen atoms in total. The molecule has 1 aromatic heterocycles. The van der Waals surface area contributed by atoms with E-state index in [1.165, 1.54) is 0 Å². The van der Waals surface area contributed by atoms with Crippen molar-refractivity contribution in [3.8, 4) is 0 Å². The van der Waals surface area contributed by atoms with E-state index in [1.807, 2.05) is 6.92 Å². The molecule has 4 heteroatoms. The van der Waals surface area contributed by atoms with Crippen molar-refractivity contribution in [2.24, 2.45) is 0 Å². The van der Waals surface area contributed by atoms with Crippen molar-refractivity contribution >= 4 is 5.97 Å². The van der Waals surface area contributed by atoms with E-state index in [0.29, 0.717) is 6.42 Å². The third-order valence-corrected chi connectivity index (χ3v) is 2.65. The fourth-order valence-electron chi connectivity index (χ4n) is 1.80. The van der Waals surface area contributed by atoms with Gasteiger partial charge in [-0.3, -0.25) is 0 Å². The highest BCUT2D eigenvalue weighted by Gasteiger charge is 2.30. The van der Waals surface area contributed by atoms with E-state index in [-0.39, 0.29) is 17.7 Å². The number of carboxylic acids is 1. The lowest BCUT2D eigenvalue weighted by Gasteiger charge is -2.07. The van der Waals surface area contributed by atoms with Crippen molar-refractivity contribution in [1.29, 1.82) is 0 Å². The maximum absolute atomic E-state index is 10.6. The van der Waals surface area contributed by atoms with Gasteiger partial charge in [-0.05, 0) is 11.6 Å². The predicted octanol–water partition coefficient (Wildman–Crippen LogP) is 0.733. The van der Waals surface area contributed by atoms with E-state index in [9.17, 15) is 9.90 Å². The second-order valence-electron chi connectivity index (χ2n) is 3.48. The molecule has 0 bridgehead atoms. The van der Waals surface area contributed by atoms with Crippen LogP contribution in [-0.2, 0) is 6.42 Å². The van der Waals surface area contributed by atoms with Crippen molar-refractivity contribution in [3.05, 3.63) is 23.0 Å². The topological polar surface area (TPSA) is 73.3 Å². The van der Waals surface area contributed by atoms with Crippen LogP contribution in [0.4, 0.5) is 0 Å². The van der Waals surface area contributed by atoms with E-state index >= 15 is 0 Å². The Hall–Kier alpha value is -1.29. The van der Waals surface area contributed by atoms with Gasteiger partial charge in [0.25, 0.3) is 0 Å². The van der Waals surface area contributed by atoms with Crippen molar-refractivity contribution < 1.29 is 15.0 Å². The summed E-state index contributed by atoms with van der Waals surface area (Å²) in [7, 11) is 0. The second-order valence-corrected chi connectivity index (χ2v) is 3.48. The molecule has 0 radical (unpaired) electrons. The molecule has 1 aliphatic rings. The molecule has 2 rings (SSSR count). The van der Waals surface area contributed by atoms with Crippen LogP contribution in [0.25, 0.3) is 0 Å². The quantitative estimate of drug-likeness (QED) is 0.598. The van der Waals surface area contributed by atoms with E-state index in [0.717, 1.165) is 11.3 Å². The van der Waals surface area contributed by atoms with Crippen LogP contribution in [0.2, 0.25) is 0 Å². The van der Waals surface area contributed by atoms with Gasteiger partial charge in [0.1, 0.15) is 5.69 Å². The largest absolute Gasteiger partial charge is 0.477 e. The Morgan fingerprint density at radius 1 is 1.69 bits per heavy atom. The highest BCUT2D eigenvalue weighted by Crippen LogP contribution is 2.33. The Bertz CT molecular complexity index is 356. The average Bonchev–Trinajstić information content (AvgIpc) is 2.55. The van der Waals surface area contributed by atoms with Crippen LogP contribution in [0.3, 0.4) is 0 Å². The molecule has 70 valence electrons. The molecule has 0 aromatic carbocycles. The van der Waals surface area contributed by atoms with Crippen molar-refractivity contribution in [1.82, 2.24) is 4.98 Å². The van der Waals surface area contributed by atoms with Crippen LogP contribution in [0, 0.1) is 0 Å². The first-order valence-electron chi connectivity index (χ1n) is 4.22. The zero-order valence-corrected chi connectivity index (χ0v) is 7.24. The molecular formula is C9H11NO3. The van der Waals surface area contributed by atoms with Crippen LogP contribution in [0.15, 0.2) is 6.07 Å². The van der Waals surface area contributed by atoms with E-state index < -0.39 is 5.97 Å². The number of aliphatic hydroxyl groups excluding tert-OH is 1. The fourth-order valence-corrected chi connectivity index (χ4v) is 1.80. The van der Waals surface area contributed by atoms with Gasteiger partial charge in [0.05, 0.1) is 6.10 Å². The minimum absolute atomic E-state index is 0.0411. The number of aromatic nitrogens is 1. The molecule has 0 spiro atoms. The lowest BCUT2D eigenvalue weighted by molar-refractivity contribution is 0.0690. The normalized spacial score (nSPS) is 26.0. The third kappa shape index (κ3) is 1.14. The average molecular weight is 181 g/mol. The molecule has 0 amide bonds. The lowest BCUT2D eigenvalue weighted by Crippen LogP contribution is -2.10. The van der Waals surface area contributed by atoms with E-state index in [2.05, 4.69) is 4.98 Å². The first-order chi connectivity index (χ1) is 6.09. The first-order valence-corrected chi connectivity index (χ1v) is 4.22. The fraction of sp³-hybridized carbons (Fsp3) is 0.444. The number of rotatable bonds is 1. The summed E-state index contributed by atoms with van der Waals surface area (Å²) >= 11 is 0. The number of aromatic amines is 1. The Labute approximate surface area is 75.2 Å². The van der Waals surface area contributed by atoms with Gasteiger partial charge in [-0.25, -0.2) is 4.79 Å². The number of hydrogen-bond acceptors (Lipinski definition) is 2. The van der Waals surface area contributed by atoms with E-state index in [4.69, 9.17) is 5.11 Å². The minimum atomic E-state index is -0.948. The smallest absolute Gasteiger partial charge is 0.352 e. The van der Waals surface area contributed by atoms with Crippen LogP contribution in [0.5, 0.6) is 0 Å². The van der Waals surface area contributed by atoms with Gasteiger partial charge < -0.3 is 15.2 Å². The second kappa shape index (κ2) is 2.60. The number of H-pyrrole nitrogens is 1. The van der Waals surface area contributed by atoms with Crippen molar-refractivity contribution in [2.45, 2.75) is 25.4 Å². The zero-order valence-electron chi connectivity index (χ0n) is 7.24. The molecule has 0 unspecified atom stereocenters. The number of aliphatic hydroxyl groups is 1. The van der Waals surface area contributed by atoms with Gasteiger partial charge in [-0.15, -0.1) is 0 Å². The summed E-state index contributed by atoms with van der Waals surface area (Å²) in [6.07, 6.45) is 0.160. The molecular weight excluding hydrogens is 170 g/mol. The number of carboxylic acid groups (broad SMARTS) is 1. The maximum Gasteiger partial charge on any atom is 0.352 e. The summed E-state index contributed by atoms with van der Waals surface area (Å²) in [5, 5.41) is 18.2. The molecule has 1 aromatic rings. The SMILES string of the molecule is C[C@@H]1c2cc(C(=O)O)[nH]c2C[C@@H]1O. The van der Waals surface area contributed by atoms with Crippen LogP contribution in [-0.4, -0.2) is 27.3 Å². The lowest BCUT2D eigenvalue weighted by atomic mass is 10.0. The zero-order chi connectivity index (χ0) is 9.59. The number of nitrogens with one attached hydrogen (secondary N) is 1. The number of fused-ring (bicyclic) bond motifs is 1. The monoisotopic (exact) mass is 181 g/mol. The summed E-state index contributed by atoms with van der Waals surface area (Å²) in [5.41, 5.74) is 2.01. The third-order valence-electron chi connectivity index (χ3n) is 2.65. The summed E-state index contributed by atoms with van der Waals surface area (Å²) < 4.78 is 0. The maximum atomic E-state index is 10.6. The first kappa shape index (κ1) is 8.31. The Morgan fingerprint density at radius 3 is 2.92 bits per heavy atom. The minimum Gasteiger partial charge on any atom is -0.477 e. The Kier molecular flexibility index (Phi) is 1.66. The summed E-state index contributed by atoms with van der Waals surface area (Å²) in [6.45, 7) is 1.90. The van der Waals surface area contributed by atoms with Crippen molar-refractivity contribution in [3.63, 3.8) is 0 Å². The number of hydrogen-bond donors (Lipinski definition) is 3. The van der Waals surface area contributed by atoms with Gasteiger partial charge in [-0.1, -0.05) is 6.92 Å². The van der Waals surface area contributed by atoms with E-state index in [1.54, 1.807) is 6.07 Å². The van der Waals surface area contributed by atoms with Gasteiger partial charge >= 0.3 is 5.97 Å². The molecule has 1 heterocycles. The molecule has 3 N–H and O–H groups in total. The Morgan fingerprint density at radius 2 is 2.38 bits per heavy atom. The Balaban J connectivity index is 2.40. The van der Waals surface area contributed by atoms with Gasteiger partial charge in [0.2, 0.25) is 0 Å². The standard InChI is InChI=1S/C9H11NO3/c1-4-5-2-7(9(12)13)10-6(5)3-8(4)11/h2,4,8,10-11H,3H2,1H3,(H,12,13)/t4-,8+/m1/s1. The van der Waals surface area contributed by atoms with Crippen molar-refractivity contribution in [2.75, 3.05) is 0 Å². The van der Waals surface area contributed by atoms with Crippen LogP contribution < -0.4 is 0 Å². The number of carbonyl (C=O) groups is 1. The molecule has 0 aliphatic heterocycles. The van der Waals surface area contributed by atoms with Gasteiger partial charge in [-0.2, -0.15) is 0 Å². The summed E-state index contributed by atoms with van der Waals surface area (Å²) in [6, 6.07) is 1.61. The molecule has 0 saturated carbocycles. The predicted molar refractivity (Wildman–Crippen MR) is 45.9 cm³/mol. The molecule has 13 heavy (non-hydrogen) atoms. The highest BCUT2D eigenvalue weighted by molar-refractivity contribution is 5.86. The highest BCUT2D eigenvalue weighted by atomic mass is 16.4. The summed E-state index contributed by atoms with van der Waals surface area (Å²) in [4.78, 5) is 13.4. The summed E-state index contributed by atoms with van der Waals surface area (Å²) in [5.74, 6) is -0.907. The molecule has 2 atom stereocenters. The van der Waals surface area contributed by atoms with Gasteiger partial charge in [0.15, 0.2) is 0 Å². The molecule has 0 fully saturated rings. The molecule has 1 aliphatic carbocycles. The number of aromatic carboxylic acids is 1. The van der Waals surface area contributed by atoms with Gasteiger partial charge in [0, 0.05) is 18.0 Å².